The molecule has 0 saturated carbocycles. The number of anilines is 1. The zero-order chi connectivity index (χ0) is 17.0. The third kappa shape index (κ3) is 4.67. The summed E-state index contributed by atoms with van der Waals surface area (Å²) in [6.07, 6.45) is -4.46. The maximum Gasteiger partial charge on any atom is 0.416 e. The molecule has 1 N–H and O–H groups in total. The van der Waals surface area contributed by atoms with E-state index < -0.39 is 24.3 Å². The summed E-state index contributed by atoms with van der Waals surface area (Å²) in [5.74, 6) is -0.695. The van der Waals surface area contributed by atoms with Crippen LogP contribution in [0.25, 0.3) is 0 Å². The molecule has 0 spiro atoms. The van der Waals surface area contributed by atoms with Gasteiger partial charge >= 0.3 is 12.8 Å². The molecular formula is C15H10F5NO2. The first-order chi connectivity index (χ1) is 10.8. The molecule has 0 fully saturated rings. The van der Waals surface area contributed by atoms with Crippen LogP contribution in [-0.4, -0.2) is 12.5 Å². The second-order valence-corrected chi connectivity index (χ2v) is 4.43. The summed E-state index contributed by atoms with van der Waals surface area (Å²) < 4.78 is 65.4. The minimum Gasteiger partial charge on any atom is -0.435 e. The molecule has 0 radical (unpaired) electrons. The molecule has 0 atom stereocenters. The predicted molar refractivity (Wildman–Crippen MR) is 72.5 cm³/mol. The molecule has 122 valence electrons. The van der Waals surface area contributed by atoms with E-state index in [0.717, 1.165) is 24.3 Å². The zero-order valence-corrected chi connectivity index (χ0v) is 11.4. The van der Waals surface area contributed by atoms with Crippen molar-refractivity contribution in [2.45, 2.75) is 12.8 Å². The Morgan fingerprint density at radius 3 is 2.00 bits per heavy atom. The van der Waals surface area contributed by atoms with Gasteiger partial charge in [0.2, 0.25) is 0 Å². The van der Waals surface area contributed by atoms with E-state index >= 15 is 0 Å². The van der Waals surface area contributed by atoms with Gasteiger partial charge in [-0.05, 0) is 48.5 Å². The summed E-state index contributed by atoms with van der Waals surface area (Å²) in [6.45, 7) is -2.97. The highest BCUT2D eigenvalue weighted by atomic mass is 19.4. The Hall–Kier alpha value is -2.64. The molecule has 0 aromatic heterocycles. The van der Waals surface area contributed by atoms with Gasteiger partial charge < -0.3 is 10.1 Å². The van der Waals surface area contributed by atoms with Crippen LogP contribution >= 0.6 is 0 Å². The molecule has 0 aliphatic rings. The number of nitrogens with one attached hydrogen (secondary N) is 1. The van der Waals surface area contributed by atoms with Gasteiger partial charge in [0.1, 0.15) is 5.75 Å². The first kappa shape index (κ1) is 16.7. The SMILES string of the molecule is O=C(Nc1ccc(C(F)(F)F)cc1)c1ccc(OC(F)F)cc1. The minimum absolute atomic E-state index is 0.105. The van der Waals surface area contributed by atoms with Gasteiger partial charge in [-0.15, -0.1) is 0 Å². The number of ether oxygens (including phenoxy) is 1. The lowest BCUT2D eigenvalue weighted by atomic mass is 10.1. The summed E-state index contributed by atoms with van der Waals surface area (Å²) >= 11 is 0. The molecule has 0 saturated heterocycles. The first-order valence-corrected chi connectivity index (χ1v) is 6.29. The number of benzene rings is 2. The van der Waals surface area contributed by atoms with Gasteiger partial charge in [-0.2, -0.15) is 22.0 Å². The lowest BCUT2D eigenvalue weighted by Gasteiger charge is -2.09. The monoisotopic (exact) mass is 331 g/mol. The fourth-order valence-corrected chi connectivity index (χ4v) is 1.73. The summed E-state index contributed by atoms with van der Waals surface area (Å²) in [5, 5.41) is 2.40. The molecule has 1 amide bonds. The largest absolute Gasteiger partial charge is 0.435 e. The molecule has 0 bridgehead atoms. The quantitative estimate of drug-likeness (QED) is 0.834. The van der Waals surface area contributed by atoms with Gasteiger partial charge in [0.05, 0.1) is 5.56 Å². The van der Waals surface area contributed by atoms with E-state index in [0.29, 0.717) is 0 Å². The van der Waals surface area contributed by atoms with Crippen molar-refractivity contribution in [1.82, 2.24) is 0 Å². The molecule has 0 unspecified atom stereocenters. The molecule has 0 heterocycles. The summed E-state index contributed by atoms with van der Waals surface area (Å²) in [4.78, 5) is 11.9. The van der Waals surface area contributed by atoms with Gasteiger partial charge in [0, 0.05) is 11.3 Å². The second-order valence-electron chi connectivity index (χ2n) is 4.43. The number of alkyl halides is 5. The number of halogens is 5. The first-order valence-electron chi connectivity index (χ1n) is 6.29. The normalized spacial score (nSPS) is 11.4. The van der Waals surface area contributed by atoms with E-state index in [9.17, 15) is 26.7 Å². The number of amides is 1. The molecule has 2 aromatic carbocycles. The van der Waals surface area contributed by atoms with Gasteiger partial charge in [0.25, 0.3) is 5.91 Å². The molecule has 0 aliphatic carbocycles. The topological polar surface area (TPSA) is 38.3 Å². The third-order valence-corrected chi connectivity index (χ3v) is 2.81. The van der Waals surface area contributed by atoms with Crippen LogP contribution in [0, 0.1) is 0 Å². The van der Waals surface area contributed by atoms with Crippen LogP contribution in [0.3, 0.4) is 0 Å². The van der Waals surface area contributed by atoms with E-state index in [1.54, 1.807) is 0 Å². The van der Waals surface area contributed by atoms with Gasteiger partial charge in [-0.3, -0.25) is 4.79 Å². The highest BCUT2D eigenvalue weighted by Gasteiger charge is 2.29. The Kier molecular flexibility index (Phi) is 4.83. The van der Waals surface area contributed by atoms with Crippen molar-refractivity contribution in [3.8, 4) is 5.75 Å². The fraction of sp³-hybridized carbons (Fsp3) is 0.133. The Balaban J connectivity index is 2.04. The summed E-state index contributed by atoms with van der Waals surface area (Å²) in [7, 11) is 0. The van der Waals surface area contributed by atoms with Crippen LogP contribution in [0.15, 0.2) is 48.5 Å². The maximum absolute atomic E-state index is 12.4. The lowest BCUT2D eigenvalue weighted by molar-refractivity contribution is -0.137. The third-order valence-electron chi connectivity index (χ3n) is 2.81. The van der Waals surface area contributed by atoms with Crippen molar-refractivity contribution < 1.29 is 31.5 Å². The van der Waals surface area contributed by atoms with Crippen molar-refractivity contribution in [1.29, 1.82) is 0 Å². The number of hydrogen-bond acceptors (Lipinski definition) is 2. The highest BCUT2D eigenvalue weighted by molar-refractivity contribution is 6.04. The number of hydrogen-bond donors (Lipinski definition) is 1. The van der Waals surface area contributed by atoms with Gasteiger partial charge in [-0.25, -0.2) is 0 Å². The van der Waals surface area contributed by atoms with E-state index in [1.807, 2.05) is 0 Å². The highest BCUT2D eigenvalue weighted by Crippen LogP contribution is 2.29. The maximum atomic E-state index is 12.4. The van der Waals surface area contributed by atoms with Crippen molar-refractivity contribution in [2.24, 2.45) is 0 Å². The van der Waals surface area contributed by atoms with E-state index in [4.69, 9.17) is 0 Å². The molecule has 0 aliphatic heterocycles. The van der Waals surface area contributed by atoms with Crippen LogP contribution in [0.4, 0.5) is 27.6 Å². The summed E-state index contributed by atoms with van der Waals surface area (Å²) in [6, 6.07) is 8.82. The van der Waals surface area contributed by atoms with Gasteiger partial charge in [0.15, 0.2) is 0 Å². The van der Waals surface area contributed by atoms with Crippen LogP contribution < -0.4 is 10.1 Å². The van der Waals surface area contributed by atoms with Crippen molar-refractivity contribution in [3.05, 3.63) is 59.7 Å². The van der Waals surface area contributed by atoms with Crippen molar-refractivity contribution in [3.63, 3.8) is 0 Å². The van der Waals surface area contributed by atoms with E-state index in [1.165, 1.54) is 24.3 Å². The Morgan fingerprint density at radius 2 is 1.52 bits per heavy atom. The average Bonchev–Trinajstić information content (AvgIpc) is 2.47. The molecule has 2 rings (SSSR count). The fourth-order valence-electron chi connectivity index (χ4n) is 1.73. The Morgan fingerprint density at radius 1 is 0.957 bits per heavy atom. The Labute approximate surface area is 127 Å². The predicted octanol–water partition coefficient (Wildman–Crippen LogP) is 4.56. The van der Waals surface area contributed by atoms with E-state index in [2.05, 4.69) is 10.1 Å². The molecule has 23 heavy (non-hydrogen) atoms. The van der Waals surface area contributed by atoms with E-state index in [-0.39, 0.29) is 17.0 Å². The number of carbonyl (C=O) groups is 1. The molecule has 8 heteroatoms. The Bertz CT molecular complexity index is 666. The molecular weight excluding hydrogens is 321 g/mol. The van der Waals surface area contributed by atoms with Crippen molar-refractivity contribution in [2.75, 3.05) is 5.32 Å². The number of carbonyl (C=O) groups excluding carboxylic acids is 1. The number of rotatable bonds is 4. The standard InChI is InChI=1S/C15H10F5NO2/c16-14(17)23-12-7-1-9(2-8-12)13(22)21-11-5-3-10(4-6-11)15(18,19)20/h1-8,14H,(H,21,22). The lowest BCUT2D eigenvalue weighted by Crippen LogP contribution is -2.12. The van der Waals surface area contributed by atoms with Gasteiger partial charge in [-0.1, -0.05) is 0 Å². The second kappa shape index (κ2) is 6.64. The molecule has 3 nitrogen and oxygen atoms in total. The molecule has 2 aromatic rings. The van der Waals surface area contributed by atoms with Crippen LogP contribution in [0.1, 0.15) is 15.9 Å². The van der Waals surface area contributed by atoms with Crippen LogP contribution in [-0.2, 0) is 6.18 Å². The smallest absolute Gasteiger partial charge is 0.416 e. The van der Waals surface area contributed by atoms with Crippen LogP contribution in [0.5, 0.6) is 5.75 Å². The summed E-state index contributed by atoms with van der Waals surface area (Å²) in [5.41, 5.74) is -0.508. The van der Waals surface area contributed by atoms with Crippen LogP contribution in [0.2, 0.25) is 0 Å². The average molecular weight is 331 g/mol. The van der Waals surface area contributed by atoms with Crippen molar-refractivity contribution >= 4 is 11.6 Å². The zero-order valence-electron chi connectivity index (χ0n) is 11.4. The minimum atomic E-state index is -4.46.